The van der Waals surface area contributed by atoms with Crippen LogP contribution in [0.25, 0.3) is 0 Å². The Bertz CT molecular complexity index is 784. The number of hydrogen-bond acceptors (Lipinski definition) is 4. The van der Waals surface area contributed by atoms with Crippen molar-refractivity contribution in [1.82, 2.24) is 24.8 Å². The molecular formula is C21H28FN5O. The maximum Gasteiger partial charge on any atom is 0.276 e. The highest BCUT2D eigenvalue weighted by molar-refractivity contribution is 5.91. The molecule has 0 spiro atoms. The molecule has 1 saturated carbocycles. The van der Waals surface area contributed by atoms with Crippen LogP contribution in [0, 0.1) is 5.82 Å². The van der Waals surface area contributed by atoms with E-state index in [-0.39, 0.29) is 11.7 Å². The fraction of sp³-hybridized carbons (Fsp3) is 0.571. The molecule has 28 heavy (non-hydrogen) atoms. The van der Waals surface area contributed by atoms with Gasteiger partial charge in [0.25, 0.3) is 5.91 Å². The summed E-state index contributed by atoms with van der Waals surface area (Å²) in [5.41, 5.74) is 1.55. The predicted octanol–water partition coefficient (Wildman–Crippen LogP) is 3.27. The van der Waals surface area contributed by atoms with E-state index in [0.717, 1.165) is 51.0 Å². The van der Waals surface area contributed by atoms with E-state index in [1.165, 1.54) is 31.4 Å². The lowest BCUT2D eigenvalue weighted by molar-refractivity contribution is 0.0755. The summed E-state index contributed by atoms with van der Waals surface area (Å²) >= 11 is 0. The van der Waals surface area contributed by atoms with Crippen molar-refractivity contribution in [3.05, 3.63) is 47.5 Å². The second kappa shape index (κ2) is 8.82. The largest absolute Gasteiger partial charge is 0.336 e. The van der Waals surface area contributed by atoms with Crippen LogP contribution in [-0.2, 0) is 6.54 Å². The Hall–Kier alpha value is -2.28. The van der Waals surface area contributed by atoms with Crippen LogP contribution >= 0.6 is 0 Å². The monoisotopic (exact) mass is 385 g/mol. The molecule has 1 aromatic carbocycles. The molecule has 2 aromatic rings. The SMILES string of the molecule is O=C(c1cn(C2CCCCC2)nn1)N1CCCN(Cc2ccc(F)cc2)CC1. The minimum Gasteiger partial charge on any atom is -0.336 e. The summed E-state index contributed by atoms with van der Waals surface area (Å²) in [5.74, 6) is -0.233. The first kappa shape index (κ1) is 19.1. The molecule has 2 aliphatic rings. The van der Waals surface area contributed by atoms with Gasteiger partial charge >= 0.3 is 0 Å². The summed E-state index contributed by atoms with van der Waals surface area (Å²) in [6.07, 6.45) is 8.74. The highest BCUT2D eigenvalue weighted by atomic mass is 19.1. The number of benzene rings is 1. The smallest absolute Gasteiger partial charge is 0.276 e. The highest BCUT2D eigenvalue weighted by Gasteiger charge is 2.24. The topological polar surface area (TPSA) is 54.3 Å². The summed E-state index contributed by atoms with van der Waals surface area (Å²) in [6, 6.07) is 7.04. The Morgan fingerprint density at radius 3 is 2.57 bits per heavy atom. The lowest BCUT2D eigenvalue weighted by Gasteiger charge is -2.22. The van der Waals surface area contributed by atoms with Gasteiger partial charge in [-0.1, -0.05) is 36.6 Å². The molecule has 150 valence electrons. The van der Waals surface area contributed by atoms with Crippen LogP contribution in [0.15, 0.2) is 30.5 Å². The van der Waals surface area contributed by atoms with E-state index in [2.05, 4.69) is 15.2 Å². The second-order valence-electron chi connectivity index (χ2n) is 7.92. The standard InChI is InChI=1S/C21H28FN5O/c22-18-9-7-17(8-10-18)15-25-11-4-12-26(14-13-25)21(28)20-16-27(24-23-20)19-5-2-1-3-6-19/h7-10,16,19H,1-6,11-15H2. The van der Waals surface area contributed by atoms with Crippen LogP contribution in [-0.4, -0.2) is 56.9 Å². The van der Waals surface area contributed by atoms with Gasteiger partial charge in [-0.25, -0.2) is 9.07 Å². The van der Waals surface area contributed by atoms with E-state index in [9.17, 15) is 9.18 Å². The van der Waals surface area contributed by atoms with Crippen LogP contribution in [0.4, 0.5) is 4.39 Å². The number of halogens is 1. The molecule has 1 amide bonds. The zero-order chi connectivity index (χ0) is 19.3. The average Bonchev–Trinajstić information content (AvgIpc) is 3.11. The van der Waals surface area contributed by atoms with Crippen LogP contribution in [0.2, 0.25) is 0 Å². The first-order valence-corrected chi connectivity index (χ1v) is 10.4. The first-order valence-electron chi connectivity index (χ1n) is 10.4. The maximum absolute atomic E-state index is 13.1. The third-order valence-corrected chi connectivity index (χ3v) is 5.87. The lowest BCUT2D eigenvalue weighted by Crippen LogP contribution is -2.35. The van der Waals surface area contributed by atoms with E-state index in [1.54, 1.807) is 0 Å². The number of carbonyl (C=O) groups excluding carboxylic acids is 1. The molecule has 1 aromatic heterocycles. The summed E-state index contributed by atoms with van der Waals surface area (Å²) in [7, 11) is 0. The van der Waals surface area contributed by atoms with E-state index >= 15 is 0 Å². The Morgan fingerprint density at radius 1 is 1.00 bits per heavy atom. The highest BCUT2D eigenvalue weighted by Crippen LogP contribution is 2.27. The number of rotatable bonds is 4. The minimum absolute atomic E-state index is 0.0225. The van der Waals surface area contributed by atoms with Crippen LogP contribution in [0.5, 0.6) is 0 Å². The molecule has 2 heterocycles. The molecule has 1 aliphatic heterocycles. The van der Waals surface area contributed by atoms with Crippen LogP contribution in [0.1, 0.15) is 60.6 Å². The Morgan fingerprint density at radius 2 is 1.79 bits per heavy atom. The van der Waals surface area contributed by atoms with Crippen molar-refractivity contribution in [3.8, 4) is 0 Å². The molecule has 2 fully saturated rings. The predicted molar refractivity (Wildman–Crippen MR) is 104 cm³/mol. The Kier molecular flexibility index (Phi) is 6.00. The lowest BCUT2D eigenvalue weighted by atomic mass is 9.96. The van der Waals surface area contributed by atoms with Gasteiger partial charge in [0.05, 0.1) is 12.2 Å². The molecule has 0 radical (unpaired) electrons. The van der Waals surface area contributed by atoms with Gasteiger partial charge in [0.15, 0.2) is 5.69 Å². The van der Waals surface area contributed by atoms with E-state index in [1.807, 2.05) is 27.9 Å². The Balaban J connectivity index is 1.34. The van der Waals surface area contributed by atoms with Crippen LogP contribution < -0.4 is 0 Å². The fourth-order valence-electron chi connectivity index (χ4n) is 4.24. The van der Waals surface area contributed by atoms with Gasteiger partial charge in [-0.15, -0.1) is 5.10 Å². The van der Waals surface area contributed by atoms with Gasteiger partial charge in [-0.2, -0.15) is 0 Å². The molecule has 0 atom stereocenters. The Labute approximate surface area is 165 Å². The normalized spacial score (nSPS) is 19.5. The van der Waals surface area contributed by atoms with Crippen molar-refractivity contribution < 1.29 is 9.18 Å². The third-order valence-electron chi connectivity index (χ3n) is 5.87. The molecule has 0 bridgehead atoms. The fourth-order valence-corrected chi connectivity index (χ4v) is 4.24. The second-order valence-corrected chi connectivity index (χ2v) is 7.92. The van der Waals surface area contributed by atoms with Crippen LogP contribution in [0.3, 0.4) is 0 Å². The summed E-state index contributed by atoms with van der Waals surface area (Å²) < 4.78 is 15.0. The zero-order valence-corrected chi connectivity index (χ0v) is 16.3. The minimum atomic E-state index is -0.210. The van der Waals surface area contributed by atoms with E-state index in [4.69, 9.17) is 0 Å². The van der Waals surface area contributed by atoms with Gasteiger partial charge in [0, 0.05) is 32.7 Å². The molecule has 1 aliphatic carbocycles. The number of carbonyl (C=O) groups is 1. The summed E-state index contributed by atoms with van der Waals surface area (Å²) in [4.78, 5) is 17.1. The molecule has 0 N–H and O–H groups in total. The number of nitrogens with zero attached hydrogens (tertiary/aromatic N) is 5. The van der Waals surface area contributed by atoms with Gasteiger partial charge in [0.1, 0.15) is 5.82 Å². The number of amides is 1. The maximum atomic E-state index is 13.1. The van der Waals surface area contributed by atoms with E-state index < -0.39 is 0 Å². The molecular weight excluding hydrogens is 357 g/mol. The van der Waals surface area contributed by atoms with Crippen molar-refractivity contribution in [1.29, 1.82) is 0 Å². The van der Waals surface area contributed by atoms with Gasteiger partial charge < -0.3 is 4.90 Å². The number of hydrogen-bond donors (Lipinski definition) is 0. The third kappa shape index (κ3) is 4.58. The first-order chi connectivity index (χ1) is 13.7. The van der Waals surface area contributed by atoms with Crippen molar-refractivity contribution >= 4 is 5.91 Å². The van der Waals surface area contributed by atoms with Crippen molar-refractivity contribution in [2.45, 2.75) is 51.1 Å². The molecule has 0 unspecified atom stereocenters. The summed E-state index contributed by atoms with van der Waals surface area (Å²) in [5, 5.41) is 8.40. The average molecular weight is 385 g/mol. The molecule has 4 rings (SSSR count). The molecule has 1 saturated heterocycles. The van der Waals surface area contributed by atoms with Crippen molar-refractivity contribution in [2.24, 2.45) is 0 Å². The zero-order valence-electron chi connectivity index (χ0n) is 16.3. The number of aromatic nitrogens is 3. The molecule has 6 nitrogen and oxygen atoms in total. The quantitative estimate of drug-likeness (QED) is 0.811. The molecule has 7 heteroatoms. The van der Waals surface area contributed by atoms with Crippen molar-refractivity contribution in [2.75, 3.05) is 26.2 Å². The summed E-state index contributed by atoms with van der Waals surface area (Å²) in [6.45, 7) is 3.92. The van der Waals surface area contributed by atoms with E-state index in [0.29, 0.717) is 18.3 Å². The van der Waals surface area contributed by atoms with Gasteiger partial charge in [-0.3, -0.25) is 9.69 Å². The van der Waals surface area contributed by atoms with Gasteiger partial charge in [0.2, 0.25) is 0 Å². The van der Waals surface area contributed by atoms with Gasteiger partial charge in [-0.05, 0) is 37.0 Å². The van der Waals surface area contributed by atoms with Crippen molar-refractivity contribution in [3.63, 3.8) is 0 Å².